The van der Waals surface area contributed by atoms with Crippen LogP contribution in [0.2, 0.25) is 0 Å². The molecule has 116 valence electrons. The van der Waals surface area contributed by atoms with Crippen molar-refractivity contribution < 1.29 is 4.74 Å². The number of hydrogen-bond acceptors (Lipinski definition) is 4. The Balaban J connectivity index is 1.85. The van der Waals surface area contributed by atoms with Crippen LogP contribution in [-0.4, -0.2) is 34.6 Å². The van der Waals surface area contributed by atoms with Gasteiger partial charge in [-0.05, 0) is 51.4 Å². The molecule has 3 rings (SSSR count). The fourth-order valence-corrected chi connectivity index (χ4v) is 2.99. The zero-order chi connectivity index (χ0) is 15.4. The second-order valence-corrected chi connectivity index (χ2v) is 5.70. The first-order chi connectivity index (χ1) is 10.8. The van der Waals surface area contributed by atoms with E-state index in [-0.39, 0.29) is 0 Å². The van der Waals surface area contributed by atoms with Crippen molar-refractivity contribution in [2.24, 2.45) is 0 Å². The van der Waals surface area contributed by atoms with Crippen molar-refractivity contribution >= 4 is 0 Å². The van der Waals surface area contributed by atoms with E-state index in [0.717, 1.165) is 11.4 Å². The van der Waals surface area contributed by atoms with Crippen LogP contribution in [0.1, 0.15) is 38.3 Å². The molecule has 1 fully saturated rings. The Morgan fingerprint density at radius 3 is 2.82 bits per heavy atom. The minimum absolute atomic E-state index is 0.442. The quantitative estimate of drug-likeness (QED) is 0.843. The molecule has 22 heavy (non-hydrogen) atoms. The van der Waals surface area contributed by atoms with Crippen LogP contribution in [0, 0.1) is 0 Å². The van der Waals surface area contributed by atoms with Gasteiger partial charge in [0.05, 0.1) is 6.61 Å². The molecule has 4 heteroatoms. The normalized spacial score (nSPS) is 16.6. The molecular formula is C18H23N3O. The number of aromatic nitrogens is 2. The molecule has 1 atom stereocenters. The molecule has 0 spiro atoms. The Kier molecular flexibility index (Phi) is 4.68. The van der Waals surface area contributed by atoms with Crippen LogP contribution >= 0.6 is 0 Å². The lowest BCUT2D eigenvalue weighted by atomic mass is 10.0. The molecule has 0 aliphatic carbocycles. The highest BCUT2D eigenvalue weighted by Gasteiger charge is 2.19. The molecule has 0 radical (unpaired) electrons. The summed E-state index contributed by atoms with van der Waals surface area (Å²) in [6, 6.07) is 10.8. The molecule has 0 N–H and O–H groups in total. The first kappa shape index (κ1) is 15.0. The molecule has 2 heterocycles. The zero-order valence-electron chi connectivity index (χ0n) is 13.3. The van der Waals surface area contributed by atoms with Crippen molar-refractivity contribution in [3.63, 3.8) is 0 Å². The van der Waals surface area contributed by atoms with E-state index in [4.69, 9.17) is 4.74 Å². The van der Waals surface area contributed by atoms with E-state index in [1.165, 1.54) is 31.5 Å². The molecule has 0 bridgehead atoms. The number of rotatable bonds is 5. The van der Waals surface area contributed by atoms with E-state index < -0.39 is 0 Å². The largest absolute Gasteiger partial charge is 0.478 e. The second-order valence-electron chi connectivity index (χ2n) is 5.70. The fraction of sp³-hybridized carbons (Fsp3) is 0.444. The Hall–Kier alpha value is -1.94. The van der Waals surface area contributed by atoms with E-state index in [0.29, 0.717) is 18.5 Å². The number of ether oxygens (including phenoxy) is 1. The van der Waals surface area contributed by atoms with Crippen molar-refractivity contribution in [3.05, 3.63) is 42.1 Å². The summed E-state index contributed by atoms with van der Waals surface area (Å²) < 4.78 is 5.47. The molecule has 0 amide bonds. The number of likely N-dealkylation sites (tertiary alicyclic amines) is 1. The third-order valence-corrected chi connectivity index (χ3v) is 4.24. The highest BCUT2D eigenvalue weighted by Crippen LogP contribution is 2.27. The van der Waals surface area contributed by atoms with Crippen molar-refractivity contribution in [2.45, 2.75) is 32.7 Å². The average molecular weight is 297 g/mol. The lowest BCUT2D eigenvalue weighted by Gasteiger charge is -2.24. The first-order valence-corrected chi connectivity index (χ1v) is 8.08. The standard InChI is InChI=1S/C18H23N3O/c1-3-22-17-9-10-19-18(20-17)16-8-6-7-15(13-16)14(2)21-11-4-5-12-21/h6-10,13-14H,3-5,11-12H2,1-2H3. The van der Waals surface area contributed by atoms with E-state index in [9.17, 15) is 0 Å². The zero-order valence-corrected chi connectivity index (χ0v) is 13.3. The van der Waals surface area contributed by atoms with E-state index >= 15 is 0 Å². The monoisotopic (exact) mass is 297 g/mol. The number of benzene rings is 1. The molecule has 1 saturated heterocycles. The second kappa shape index (κ2) is 6.88. The number of hydrogen-bond donors (Lipinski definition) is 0. The molecule has 1 aliphatic rings. The van der Waals surface area contributed by atoms with E-state index in [1.54, 1.807) is 12.3 Å². The molecule has 1 aliphatic heterocycles. The highest BCUT2D eigenvalue weighted by molar-refractivity contribution is 5.56. The maximum Gasteiger partial charge on any atom is 0.216 e. The SMILES string of the molecule is CCOc1ccnc(-c2cccc(C(C)N3CCCC3)c2)n1. The van der Waals surface area contributed by atoms with Crippen LogP contribution < -0.4 is 4.74 Å². The van der Waals surface area contributed by atoms with Gasteiger partial charge < -0.3 is 4.74 Å². The van der Waals surface area contributed by atoms with Gasteiger partial charge in [0.15, 0.2) is 5.82 Å². The summed E-state index contributed by atoms with van der Waals surface area (Å²) >= 11 is 0. The minimum Gasteiger partial charge on any atom is -0.478 e. The van der Waals surface area contributed by atoms with Crippen molar-refractivity contribution in [1.29, 1.82) is 0 Å². The average Bonchev–Trinajstić information content (AvgIpc) is 3.09. The summed E-state index contributed by atoms with van der Waals surface area (Å²) in [5.41, 5.74) is 2.37. The van der Waals surface area contributed by atoms with E-state index in [1.807, 2.05) is 6.92 Å². The Morgan fingerprint density at radius 1 is 1.23 bits per heavy atom. The smallest absolute Gasteiger partial charge is 0.216 e. The van der Waals surface area contributed by atoms with Crippen LogP contribution in [-0.2, 0) is 0 Å². The summed E-state index contributed by atoms with van der Waals surface area (Å²) in [5.74, 6) is 1.35. The van der Waals surface area contributed by atoms with Crippen LogP contribution in [0.15, 0.2) is 36.5 Å². The fourth-order valence-electron chi connectivity index (χ4n) is 2.99. The van der Waals surface area contributed by atoms with E-state index in [2.05, 4.69) is 46.1 Å². The van der Waals surface area contributed by atoms with Gasteiger partial charge in [0.25, 0.3) is 0 Å². The first-order valence-electron chi connectivity index (χ1n) is 8.08. The van der Waals surface area contributed by atoms with Crippen molar-refractivity contribution in [3.8, 4) is 17.3 Å². The minimum atomic E-state index is 0.442. The lowest BCUT2D eigenvalue weighted by Crippen LogP contribution is -2.23. The van der Waals surface area contributed by atoms with Crippen LogP contribution in [0.5, 0.6) is 5.88 Å². The molecule has 4 nitrogen and oxygen atoms in total. The van der Waals surface area contributed by atoms with Gasteiger partial charge >= 0.3 is 0 Å². The molecule has 2 aromatic rings. The molecule has 1 unspecified atom stereocenters. The molecule has 0 saturated carbocycles. The predicted molar refractivity (Wildman–Crippen MR) is 87.9 cm³/mol. The summed E-state index contributed by atoms with van der Waals surface area (Å²) in [7, 11) is 0. The molecular weight excluding hydrogens is 274 g/mol. The van der Waals surface area contributed by atoms with Gasteiger partial charge in [0.2, 0.25) is 5.88 Å². The van der Waals surface area contributed by atoms with Crippen LogP contribution in [0.4, 0.5) is 0 Å². The van der Waals surface area contributed by atoms with Gasteiger partial charge in [0, 0.05) is 23.9 Å². The maximum absolute atomic E-state index is 5.47. The molecule has 1 aromatic heterocycles. The summed E-state index contributed by atoms with van der Waals surface area (Å²) in [5, 5.41) is 0. The molecule has 1 aromatic carbocycles. The van der Waals surface area contributed by atoms with Crippen molar-refractivity contribution in [2.75, 3.05) is 19.7 Å². The summed E-state index contributed by atoms with van der Waals surface area (Å²) in [6.45, 7) is 7.24. The van der Waals surface area contributed by atoms with Gasteiger partial charge in [-0.3, -0.25) is 4.90 Å². The Morgan fingerprint density at radius 2 is 2.05 bits per heavy atom. The third-order valence-electron chi connectivity index (χ3n) is 4.24. The van der Waals surface area contributed by atoms with Crippen LogP contribution in [0.25, 0.3) is 11.4 Å². The van der Waals surface area contributed by atoms with Gasteiger partial charge in [-0.25, -0.2) is 4.98 Å². The highest BCUT2D eigenvalue weighted by atomic mass is 16.5. The summed E-state index contributed by atoms with van der Waals surface area (Å²) in [4.78, 5) is 11.4. The van der Waals surface area contributed by atoms with Gasteiger partial charge in [-0.15, -0.1) is 0 Å². The van der Waals surface area contributed by atoms with Crippen molar-refractivity contribution in [1.82, 2.24) is 14.9 Å². The maximum atomic E-state index is 5.47. The lowest BCUT2D eigenvalue weighted by molar-refractivity contribution is 0.263. The Labute approximate surface area is 132 Å². The van der Waals surface area contributed by atoms with Gasteiger partial charge in [-0.1, -0.05) is 18.2 Å². The third kappa shape index (κ3) is 3.28. The number of nitrogens with zero attached hydrogens (tertiary/aromatic N) is 3. The van der Waals surface area contributed by atoms with Crippen LogP contribution in [0.3, 0.4) is 0 Å². The van der Waals surface area contributed by atoms with Gasteiger partial charge in [0.1, 0.15) is 0 Å². The Bertz CT molecular complexity index is 623. The predicted octanol–water partition coefficient (Wildman–Crippen LogP) is 3.70. The topological polar surface area (TPSA) is 38.2 Å². The summed E-state index contributed by atoms with van der Waals surface area (Å²) in [6.07, 6.45) is 4.37. The van der Waals surface area contributed by atoms with Gasteiger partial charge in [-0.2, -0.15) is 4.98 Å².